The topological polar surface area (TPSA) is 58.1 Å². The van der Waals surface area contributed by atoms with Crippen molar-refractivity contribution in [1.29, 1.82) is 0 Å². The highest BCUT2D eigenvalue weighted by Gasteiger charge is 2.12. The Labute approximate surface area is 141 Å². The highest BCUT2D eigenvalue weighted by atomic mass is 16.1. The number of carbonyl (C=O) groups is 1. The third kappa shape index (κ3) is 3.57. The quantitative estimate of drug-likeness (QED) is 0.775. The monoisotopic (exact) mass is 318 g/mol. The molecule has 0 aliphatic rings. The van der Waals surface area contributed by atoms with Crippen LogP contribution in [0.25, 0.3) is 0 Å². The summed E-state index contributed by atoms with van der Waals surface area (Å²) in [4.78, 5) is 22.9. The molecule has 0 unspecified atom stereocenters. The van der Waals surface area contributed by atoms with Crippen molar-refractivity contribution in [3.05, 3.63) is 78.6 Å². The van der Waals surface area contributed by atoms with E-state index >= 15 is 0 Å². The summed E-state index contributed by atoms with van der Waals surface area (Å²) in [5.41, 5.74) is 2.18. The summed E-state index contributed by atoms with van der Waals surface area (Å²) < 4.78 is 0. The second kappa shape index (κ2) is 7.37. The van der Waals surface area contributed by atoms with Crippen LogP contribution in [0.3, 0.4) is 0 Å². The van der Waals surface area contributed by atoms with E-state index in [1.54, 1.807) is 12.4 Å². The highest BCUT2D eigenvalue weighted by molar-refractivity contribution is 6.03. The summed E-state index contributed by atoms with van der Waals surface area (Å²) in [5.74, 6) is 0.343. The van der Waals surface area contributed by atoms with E-state index in [0.717, 1.165) is 17.9 Å². The molecule has 3 aromatic rings. The lowest BCUT2D eigenvalue weighted by Gasteiger charge is -2.20. The predicted molar refractivity (Wildman–Crippen MR) is 95.5 cm³/mol. The molecule has 0 aliphatic heterocycles. The molecule has 120 valence electrons. The van der Waals surface area contributed by atoms with Crippen molar-refractivity contribution < 1.29 is 4.79 Å². The van der Waals surface area contributed by atoms with Crippen LogP contribution in [-0.2, 0) is 0 Å². The Morgan fingerprint density at radius 2 is 1.54 bits per heavy atom. The molecule has 1 aromatic heterocycles. The van der Waals surface area contributed by atoms with Crippen molar-refractivity contribution in [2.75, 3.05) is 16.8 Å². The van der Waals surface area contributed by atoms with E-state index in [1.165, 1.54) is 0 Å². The van der Waals surface area contributed by atoms with Crippen molar-refractivity contribution in [2.45, 2.75) is 6.92 Å². The summed E-state index contributed by atoms with van der Waals surface area (Å²) in [7, 11) is 0. The molecule has 0 saturated heterocycles. The fourth-order valence-electron chi connectivity index (χ4n) is 2.35. The van der Waals surface area contributed by atoms with Gasteiger partial charge in [-0.25, -0.2) is 9.97 Å². The third-order valence-electron chi connectivity index (χ3n) is 3.56. The van der Waals surface area contributed by atoms with Crippen molar-refractivity contribution in [1.82, 2.24) is 9.97 Å². The molecule has 24 heavy (non-hydrogen) atoms. The number of carbonyl (C=O) groups excluding carboxylic acids is 1. The standard InChI is InChI=1S/C19H18N4O/c1-2-23(17-11-7-4-8-12-17)19-20-13-15(14-21-19)18(24)22-16-9-5-3-6-10-16/h3-14H,2H2,1H3,(H,22,24). The molecular weight excluding hydrogens is 300 g/mol. The molecule has 0 fully saturated rings. The van der Waals surface area contributed by atoms with E-state index in [2.05, 4.69) is 15.3 Å². The Morgan fingerprint density at radius 3 is 2.12 bits per heavy atom. The fourth-order valence-corrected chi connectivity index (χ4v) is 2.35. The Kier molecular flexibility index (Phi) is 4.81. The molecule has 0 radical (unpaired) electrons. The predicted octanol–water partition coefficient (Wildman–Crippen LogP) is 3.89. The minimum absolute atomic E-state index is 0.226. The van der Waals surface area contributed by atoms with E-state index < -0.39 is 0 Å². The SMILES string of the molecule is CCN(c1ccccc1)c1ncc(C(=O)Nc2ccccc2)cn1. The zero-order chi connectivity index (χ0) is 16.8. The van der Waals surface area contributed by atoms with Gasteiger partial charge in [0.05, 0.1) is 5.56 Å². The summed E-state index contributed by atoms with van der Waals surface area (Å²) in [6.07, 6.45) is 3.10. The van der Waals surface area contributed by atoms with Crippen LogP contribution >= 0.6 is 0 Å². The number of anilines is 3. The van der Waals surface area contributed by atoms with E-state index in [1.807, 2.05) is 72.5 Å². The Morgan fingerprint density at radius 1 is 0.958 bits per heavy atom. The first-order valence-corrected chi connectivity index (χ1v) is 7.79. The van der Waals surface area contributed by atoms with Gasteiger partial charge in [-0.3, -0.25) is 4.79 Å². The summed E-state index contributed by atoms with van der Waals surface area (Å²) in [5, 5.41) is 2.82. The molecule has 0 atom stereocenters. The smallest absolute Gasteiger partial charge is 0.258 e. The number of aromatic nitrogens is 2. The minimum Gasteiger partial charge on any atom is -0.322 e. The third-order valence-corrected chi connectivity index (χ3v) is 3.56. The van der Waals surface area contributed by atoms with Crippen LogP contribution in [-0.4, -0.2) is 22.4 Å². The van der Waals surface area contributed by atoms with Crippen LogP contribution in [0, 0.1) is 0 Å². The van der Waals surface area contributed by atoms with Gasteiger partial charge in [-0.2, -0.15) is 0 Å². The van der Waals surface area contributed by atoms with Gasteiger partial charge in [-0.1, -0.05) is 36.4 Å². The zero-order valence-corrected chi connectivity index (χ0v) is 13.4. The summed E-state index contributed by atoms with van der Waals surface area (Å²) >= 11 is 0. The van der Waals surface area contributed by atoms with Crippen molar-refractivity contribution in [2.24, 2.45) is 0 Å². The zero-order valence-electron chi connectivity index (χ0n) is 13.4. The van der Waals surface area contributed by atoms with Gasteiger partial charge in [0.15, 0.2) is 0 Å². The normalized spacial score (nSPS) is 10.2. The highest BCUT2D eigenvalue weighted by Crippen LogP contribution is 2.20. The van der Waals surface area contributed by atoms with Crippen molar-refractivity contribution in [3.8, 4) is 0 Å². The van der Waals surface area contributed by atoms with Gasteiger partial charge in [-0.15, -0.1) is 0 Å². The number of nitrogens with zero attached hydrogens (tertiary/aromatic N) is 3. The van der Waals surface area contributed by atoms with E-state index in [-0.39, 0.29) is 5.91 Å². The van der Waals surface area contributed by atoms with E-state index in [9.17, 15) is 4.79 Å². The van der Waals surface area contributed by atoms with Gasteiger partial charge in [0.2, 0.25) is 5.95 Å². The largest absolute Gasteiger partial charge is 0.322 e. The second-order valence-corrected chi connectivity index (χ2v) is 5.17. The van der Waals surface area contributed by atoms with Crippen LogP contribution in [0.15, 0.2) is 73.1 Å². The molecule has 0 bridgehead atoms. The number of amides is 1. The van der Waals surface area contributed by atoms with Gasteiger partial charge >= 0.3 is 0 Å². The molecule has 1 heterocycles. The van der Waals surface area contributed by atoms with Crippen LogP contribution in [0.4, 0.5) is 17.3 Å². The second-order valence-electron chi connectivity index (χ2n) is 5.17. The van der Waals surface area contributed by atoms with Crippen LogP contribution < -0.4 is 10.2 Å². The van der Waals surface area contributed by atoms with E-state index in [0.29, 0.717) is 11.5 Å². The number of para-hydroxylation sites is 2. The maximum atomic E-state index is 12.2. The molecule has 5 heteroatoms. The van der Waals surface area contributed by atoms with Gasteiger partial charge in [0, 0.05) is 30.3 Å². The van der Waals surface area contributed by atoms with Crippen LogP contribution in [0.2, 0.25) is 0 Å². The fraction of sp³-hybridized carbons (Fsp3) is 0.105. The van der Waals surface area contributed by atoms with Gasteiger partial charge in [0.1, 0.15) is 0 Å². The molecular formula is C19H18N4O. The maximum absolute atomic E-state index is 12.2. The first-order chi connectivity index (χ1) is 11.8. The number of rotatable bonds is 5. The Hall–Kier alpha value is -3.21. The average molecular weight is 318 g/mol. The van der Waals surface area contributed by atoms with E-state index in [4.69, 9.17) is 0 Å². The molecule has 3 rings (SSSR count). The lowest BCUT2D eigenvalue weighted by molar-refractivity contribution is 0.102. The lowest BCUT2D eigenvalue weighted by atomic mass is 10.2. The molecule has 5 nitrogen and oxygen atoms in total. The molecule has 1 N–H and O–H groups in total. The summed E-state index contributed by atoms with van der Waals surface area (Å²) in [6, 6.07) is 19.2. The number of benzene rings is 2. The first kappa shape index (κ1) is 15.7. The molecule has 0 saturated carbocycles. The number of hydrogen-bond donors (Lipinski definition) is 1. The lowest BCUT2D eigenvalue weighted by Crippen LogP contribution is -2.19. The molecule has 0 spiro atoms. The molecule has 1 amide bonds. The Balaban J connectivity index is 1.76. The van der Waals surface area contributed by atoms with Gasteiger partial charge in [-0.05, 0) is 31.2 Å². The van der Waals surface area contributed by atoms with Crippen molar-refractivity contribution >= 4 is 23.2 Å². The number of nitrogens with one attached hydrogen (secondary N) is 1. The van der Waals surface area contributed by atoms with Crippen LogP contribution in [0.1, 0.15) is 17.3 Å². The molecule has 0 aliphatic carbocycles. The maximum Gasteiger partial charge on any atom is 0.258 e. The minimum atomic E-state index is -0.226. The van der Waals surface area contributed by atoms with Crippen LogP contribution in [0.5, 0.6) is 0 Å². The van der Waals surface area contributed by atoms with Gasteiger partial charge in [0.25, 0.3) is 5.91 Å². The summed E-state index contributed by atoms with van der Waals surface area (Å²) in [6.45, 7) is 2.77. The number of hydrogen-bond acceptors (Lipinski definition) is 4. The van der Waals surface area contributed by atoms with Gasteiger partial charge < -0.3 is 10.2 Å². The average Bonchev–Trinajstić information content (AvgIpc) is 2.65. The van der Waals surface area contributed by atoms with Crippen molar-refractivity contribution in [3.63, 3.8) is 0 Å². The Bertz CT molecular complexity index is 789. The first-order valence-electron chi connectivity index (χ1n) is 7.79. The molecule has 2 aromatic carbocycles.